The summed E-state index contributed by atoms with van der Waals surface area (Å²) in [5.41, 5.74) is 1.87. The van der Waals surface area contributed by atoms with Crippen molar-refractivity contribution in [2.75, 3.05) is 12.8 Å². The zero-order chi connectivity index (χ0) is 13.5. The number of hydrogen-bond donors (Lipinski definition) is 1. The molecule has 0 aliphatic carbocycles. The molecule has 1 aromatic carbocycles. The minimum atomic E-state index is -0.325. The second-order valence-electron chi connectivity index (χ2n) is 4.39. The highest BCUT2D eigenvalue weighted by Crippen LogP contribution is 2.19. The van der Waals surface area contributed by atoms with E-state index in [2.05, 4.69) is 18.5 Å². The molecule has 0 amide bonds. The summed E-state index contributed by atoms with van der Waals surface area (Å²) in [4.78, 5) is 10.5. The van der Waals surface area contributed by atoms with Crippen LogP contribution in [0.1, 0.15) is 24.5 Å². The lowest BCUT2D eigenvalue weighted by Gasteiger charge is -2.09. The number of nitro groups is 1. The van der Waals surface area contributed by atoms with Crippen LogP contribution >= 0.6 is 11.8 Å². The predicted octanol–water partition coefficient (Wildman–Crippen LogP) is 3.13. The highest BCUT2D eigenvalue weighted by Gasteiger charge is 2.10. The summed E-state index contributed by atoms with van der Waals surface area (Å²) in [6, 6.07) is 5.40. The summed E-state index contributed by atoms with van der Waals surface area (Å²) < 4.78 is 0. The largest absolute Gasteiger partial charge is 0.313 e. The zero-order valence-electron chi connectivity index (χ0n) is 11.1. The Labute approximate surface area is 112 Å². The first-order valence-electron chi connectivity index (χ1n) is 6.02. The van der Waals surface area contributed by atoms with E-state index in [4.69, 9.17) is 0 Å². The first kappa shape index (κ1) is 15.0. The van der Waals surface area contributed by atoms with Gasteiger partial charge in [-0.05, 0) is 31.7 Å². The molecule has 1 unspecified atom stereocenters. The standard InChI is InChI=1S/C13H20N2O2S/c1-10-4-5-12(8-13(10)15(16)17)9-14-7-6-11(2)18-3/h4-5,8,11,14H,6-7,9H2,1-3H3. The fraction of sp³-hybridized carbons (Fsp3) is 0.538. The number of hydrogen-bond acceptors (Lipinski definition) is 4. The predicted molar refractivity (Wildman–Crippen MR) is 77.1 cm³/mol. The number of nitrogens with zero attached hydrogens (tertiary/aromatic N) is 1. The van der Waals surface area contributed by atoms with E-state index in [1.165, 1.54) is 0 Å². The molecule has 1 aromatic rings. The van der Waals surface area contributed by atoms with Gasteiger partial charge in [0.15, 0.2) is 0 Å². The van der Waals surface area contributed by atoms with Gasteiger partial charge in [0.25, 0.3) is 5.69 Å². The van der Waals surface area contributed by atoms with Crippen LogP contribution in [0.25, 0.3) is 0 Å². The molecule has 1 rings (SSSR count). The van der Waals surface area contributed by atoms with Gasteiger partial charge in [0.2, 0.25) is 0 Å². The summed E-state index contributed by atoms with van der Waals surface area (Å²) in [6.45, 7) is 5.57. The number of benzene rings is 1. The Bertz CT molecular complexity index is 410. The molecule has 0 bridgehead atoms. The van der Waals surface area contributed by atoms with Crippen molar-refractivity contribution in [3.63, 3.8) is 0 Å². The number of nitro benzene ring substituents is 1. The van der Waals surface area contributed by atoms with Crippen molar-refractivity contribution >= 4 is 17.4 Å². The number of rotatable bonds is 7. The molecular formula is C13H20N2O2S. The second-order valence-corrected chi connectivity index (χ2v) is 5.67. The average molecular weight is 268 g/mol. The highest BCUT2D eigenvalue weighted by atomic mass is 32.2. The van der Waals surface area contributed by atoms with E-state index in [0.717, 1.165) is 18.5 Å². The van der Waals surface area contributed by atoms with Crippen LogP contribution in [-0.2, 0) is 6.54 Å². The second kappa shape index (κ2) is 7.38. The first-order valence-corrected chi connectivity index (χ1v) is 7.30. The molecule has 0 aromatic heterocycles. The van der Waals surface area contributed by atoms with E-state index in [9.17, 15) is 10.1 Å². The third-order valence-electron chi connectivity index (χ3n) is 2.93. The van der Waals surface area contributed by atoms with Crippen molar-refractivity contribution in [1.29, 1.82) is 0 Å². The molecule has 1 atom stereocenters. The Hall–Kier alpha value is -1.07. The Morgan fingerprint density at radius 2 is 2.22 bits per heavy atom. The van der Waals surface area contributed by atoms with Crippen LogP contribution in [0.15, 0.2) is 18.2 Å². The normalized spacial score (nSPS) is 12.4. The van der Waals surface area contributed by atoms with Crippen LogP contribution < -0.4 is 5.32 Å². The Kier molecular flexibility index (Phi) is 6.15. The molecule has 0 fully saturated rings. The quantitative estimate of drug-likeness (QED) is 0.469. The van der Waals surface area contributed by atoms with Crippen molar-refractivity contribution in [3.8, 4) is 0 Å². The highest BCUT2D eigenvalue weighted by molar-refractivity contribution is 7.99. The van der Waals surface area contributed by atoms with Gasteiger partial charge in [-0.3, -0.25) is 10.1 Å². The van der Waals surface area contributed by atoms with Crippen molar-refractivity contribution in [2.24, 2.45) is 0 Å². The van der Waals surface area contributed by atoms with E-state index in [0.29, 0.717) is 17.4 Å². The van der Waals surface area contributed by atoms with Crippen LogP contribution in [0.5, 0.6) is 0 Å². The van der Waals surface area contributed by atoms with E-state index in [1.807, 2.05) is 17.8 Å². The van der Waals surface area contributed by atoms with Gasteiger partial charge >= 0.3 is 0 Å². The molecule has 100 valence electrons. The molecule has 1 N–H and O–H groups in total. The SMILES string of the molecule is CSC(C)CCNCc1ccc(C)c([N+](=O)[O-])c1. The third-order valence-corrected chi connectivity index (χ3v) is 3.97. The fourth-order valence-corrected chi connectivity index (χ4v) is 1.97. The maximum Gasteiger partial charge on any atom is 0.272 e. The summed E-state index contributed by atoms with van der Waals surface area (Å²) in [7, 11) is 0. The lowest BCUT2D eigenvalue weighted by Crippen LogP contribution is -2.17. The van der Waals surface area contributed by atoms with Crippen molar-refractivity contribution in [2.45, 2.75) is 32.1 Å². The van der Waals surface area contributed by atoms with Crippen LogP contribution in [-0.4, -0.2) is 23.0 Å². The summed E-state index contributed by atoms with van der Waals surface area (Å²) >= 11 is 1.85. The molecule has 0 spiro atoms. The zero-order valence-corrected chi connectivity index (χ0v) is 11.9. The molecule has 4 nitrogen and oxygen atoms in total. The van der Waals surface area contributed by atoms with E-state index >= 15 is 0 Å². The lowest BCUT2D eigenvalue weighted by atomic mass is 10.1. The van der Waals surface area contributed by atoms with Gasteiger partial charge in [-0.2, -0.15) is 11.8 Å². The maximum atomic E-state index is 10.8. The Balaban J connectivity index is 2.48. The lowest BCUT2D eigenvalue weighted by molar-refractivity contribution is -0.385. The van der Waals surface area contributed by atoms with Crippen molar-refractivity contribution in [3.05, 3.63) is 39.4 Å². The Morgan fingerprint density at radius 3 is 2.83 bits per heavy atom. The van der Waals surface area contributed by atoms with Gasteiger partial charge < -0.3 is 5.32 Å². The molecule has 0 aliphatic heterocycles. The number of thioether (sulfide) groups is 1. The van der Waals surface area contributed by atoms with Crippen molar-refractivity contribution < 1.29 is 4.92 Å². The van der Waals surface area contributed by atoms with E-state index in [-0.39, 0.29) is 10.6 Å². The molecule has 0 radical (unpaired) electrons. The van der Waals surface area contributed by atoms with Crippen LogP contribution in [0, 0.1) is 17.0 Å². The molecule has 5 heteroatoms. The molecule has 18 heavy (non-hydrogen) atoms. The average Bonchev–Trinajstić information content (AvgIpc) is 2.35. The van der Waals surface area contributed by atoms with Gasteiger partial charge in [-0.1, -0.05) is 19.1 Å². The van der Waals surface area contributed by atoms with Crippen molar-refractivity contribution in [1.82, 2.24) is 5.32 Å². The smallest absolute Gasteiger partial charge is 0.272 e. The minimum Gasteiger partial charge on any atom is -0.313 e. The van der Waals surface area contributed by atoms with E-state index < -0.39 is 0 Å². The maximum absolute atomic E-state index is 10.8. The monoisotopic (exact) mass is 268 g/mol. The van der Waals surface area contributed by atoms with Gasteiger partial charge in [0, 0.05) is 23.4 Å². The Morgan fingerprint density at radius 1 is 1.50 bits per heavy atom. The number of aryl methyl sites for hydroxylation is 1. The third kappa shape index (κ3) is 4.66. The molecule has 0 saturated heterocycles. The summed E-state index contributed by atoms with van der Waals surface area (Å²) in [6.07, 6.45) is 3.21. The molecule has 0 heterocycles. The first-order chi connectivity index (χ1) is 8.54. The van der Waals surface area contributed by atoms with E-state index in [1.54, 1.807) is 19.1 Å². The van der Waals surface area contributed by atoms with Gasteiger partial charge in [-0.25, -0.2) is 0 Å². The fourth-order valence-electron chi connectivity index (χ4n) is 1.62. The summed E-state index contributed by atoms with van der Waals surface area (Å²) in [5, 5.41) is 14.8. The topological polar surface area (TPSA) is 55.2 Å². The molecule has 0 aliphatic rings. The van der Waals surface area contributed by atoms with Gasteiger partial charge in [0.1, 0.15) is 0 Å². The van der Waals surface area contributed by atoms with Gasteiger partial charge in [-0.15, -0.1) is 0 Å². The van der Waals surface area contributed by atoms with Crippen LogP contribution in [0.4, 0.5) is 5.69 Å². The minimum absolute atomic E-state index is 0.201. The number of nitrogens with one attached hydrogen (secondary N) is 1. The molecular weight excluding hydrogens is 248 g/mol. The van der Waals surface area contributed by atoms with Crippen LogP contribution in [0.2, 0.25) is 0 Å². The molecule has 0 saturated carbocycles. The van der Waals surface area contributed by atoms with Crippen LogP contribution in [0.3, 0.4) is 0 Å². The summed E-state index contributed by atoms with van der Waals surface area (Å²) in [5.74, 6) is 0. The van der Waals surface area contributed by atoms with Gasteiger partial charge in [0.05, 0.1) is 4.92 Å².